The van der Waals surface area contributed by atoms with Crippen LogP contribution in [0.5, 0.6) is 0 Å². The quantitative estimate of drug-likeness (QED) is 0.899. The summed E-state index contributed by atoms with van der Waals surface area (Å²) in [5.41, 5.74) is 5.68. The number of piperidine rings is 1. The lowest BCUT2D eigenvalue weighted by molar-refractivity contribution is 0.200. The van der Waals surface area contributed by atoms with Gasteiger partial charge in [0.2, 0.25) is 0 Å². The highest BCUT2D eigenvalue weighted by molar-refractivity contribution is 5.38. The van der Waals surface area contributed by atoms with Crippen molar-refractivity contribution < 1.29 is 0 Å². The SMILES string of the molecule is CCN1CCC(NC(C)c2cc(C)c(C)cc2C)CC1. The molecule has 2 nitrogen and oxygen atoms in total. The van der Waals surface area contributed by atoms with E-state index in [1.54, 1.807) is 0 Å². The Balaban J connectivity index is 1.98. The van der Waals surface area contributed by atoms with Gasteiger partial charge in [-0.1, -0.05) is 19.1 Å². The Morgan fingerprint density at radius 1 is 1.10 bits per heavy atom. The van der Waals surface area contributed by atoms with Gasteiger partial charge in [-0.2, -0.15) is 0 Å². The molecule has 1 unspecified atom stereocenters. The monoisotopic (exact) mass is 274 g/mol. The standard InChI is InChI=1S/C18H30N2/c1-6-20-9-7-17(8-10-20)19-16(5)18-12-14(3)13(2)11-15(18)4/h11-12,16-17,19H,6-10H2,1-5H3. The lowest BCUT2D eigenvalue weighted by Gasteiger charge is -2.33. The molecule has 2 heteroatoms. The number of hydrogen-bond acceptors (Lipinski definition) is 2. The first-order valence-electron chi connectivity index (χ1n) is 8.07. The van der Waals surface area contributed by atoms with E-state index in [1.165, 1.54) is 54.7 Å². The van der Waals surface area contributed by atoms with Crippen LogP contribution < -0.4 is 5.32 Å². The number of likely N-dealkylation sites (tertiary alicyclic amines) is 1. The van der Waals surface area contributed by atoms with Crippen molar-refractivity contribution in [2.75, 3.05) is 19.6 Å². The summed E-state index contributed by atoms with van der Waals surface area (Å²) < 4.78 is 0. The van der Waals surface area contributed by atoms with Gasteiger partial charge in [-0.15, -0.1) is 0 Å². The first kappa shape index (κ1) is 15.5. The average Bonchev–Trinajstić information content (AvgIpc) is 2.43. The van der Waals surface area contributed by atoms with E-state index < -0.39 is 0 Å². The summed E-state index contributed by atoms with van der Waals surface area (Å²) in [5, 5.41) is 3.84. The minimum Gasteiger partial charge on any atom is -0.307 e. The third kappa shape index (κ3) is 3.62. The molecule has 1 fully saturated rings. The van der Waals surface area contributed by atoms with Crippen molar-refractivity contribution in [3.63, 3.8) is 0 Å². The van der Waals surface area contributed by atoms with Crippen molar-refractivity contribution >= 4 is 0 Å². The van der Waals surface area contributed by atoms with Crippen LogP contribution in [0.4, 0.5) is 0 Å². The predicted molar refractivity (Wildman–Crippen MR) is 87.3 cm³/mol. The molecule has 0 radical (unpaired) electrons. The zero-order valence-electron chi connectivity index (χ0n) is 13.8. The largest absolute Gasteiger partial charge is 0.307 e. The topological polar surface area (TPSA) is 15.3 Å². The van der Waals surface area contributed by atoms with Gasteiger partial charge in [0.05, 0.1) is 0 Å². The number of aryl methyl sites for hydroxylation is 3. The average molecular weight is 274 g/mol. The summed E-state index contributed by atoms with van der Waals surface area (Å²) in [5.74, 6) is 0. The highest BCUT2D eigenvalue weighted by atomic mass is 15.1. The fraction of sp³-hybridized carbons (Fsp3) is 0.667. The molecule has 1 N–H and O–H groups in total. The summed E-state index contributed by atoms with van der Waals surface area (Å²) in [7, 11) is 0. The van der Waals surface area contributed by atoms with Crippen LogP contribution in [0.1, 0.15) is 55.0 Å². The highest BCUT2D eigenvalue weighted by Gasteiger charge is 2.20. The third-order valence-electron chi connectivity index (χ3n) is 4.87. The number of nitrogens with one attached hydrogen (secondary N) is 1. The van der Waals surface area contributed by atoms with Crippen molar-refractivity contribution in [1.29, 1.82) is 0 Å². The van der Waals surface area contributed by atoms with Crippen LogP contribution in [0.15, 0.2) is 12.1 Å². The molecule has 1 aliphatic heterocycles. The van der Waals surface area contributed by atoms with E-state index in [1.807, 2.05) is 0 Å². The van der Waals surface area contributed by atoms with Crippen molar-refractivity contribution in [2.45, 2.75) is 59.5 Å². The Bertz CT molecular complexity index is 445. The maximum atomic E-state index is 3.84. The Hall–Kier alpha value is -0.860. The molecule has 0 amide bonds. The van der Waals surface area contributed by atoms with Gasteiger partial charge >= 0.3 is 0 Å². The normalized spacial score (nSPS) is 19.2. The second kappa shape index (κ2) is 6.73. The zero-order chi connectivity index (χ0) is 14.7. The molecule has 112 valence electrons. The van der Waals surface area contributed by atoms with Gasteiger partial charge < -0.3 is 10.2 Å². The second-order valence-electron chi connectivity index (χ2n) is 6.39. The fourth-order valence-electron chi connectivity index (χ4n) is 3.31. The number of hydrogen-bond donors (Lipinski definition) is 1. The van der Waals surface area contributed by atoms with E-state index >= 15 is 0 Å². The van der Waals surface area contributed by atoms with Gasteiger partial charge in [-0.3, -0.25) is 0 Å². The van der Waals surface area contributed by atoms with Gasteiger partial charge in [0, 0.05) is 12.1 Å². The molecule has 1 atom stereocenters. The van der Waals surface area contributed by atoms with E-state index in [9.17, 15) is 0 Å². The van der Waals surface area contributed by atoms with Crippen LogP contribution in [0, 0.1) is 20.8 Å². The van der Waals surface area contributed by atoms with E-state index in [0.29, 0.717) is 12.1 Å². The molecule has 1 aromatic rings. The van der Waals surface area contributed by atoms with Crippen LogP contribution in [-0.2, 0) is 0 Å². The van der Waals surface area contributed by atoms with Gasteiger partial charge in [0.25, 0.3) is 0 Å². The smallest absolute Gasteiger partial charge is 0.0297 e. The Kier molecular flexibility index (Phi) is 5.22. The van der Waals surface area contributed by atoms with Crippen LogP contribution in [0.2, 0.25) is 0 Å². The van der Waals surface area contributed by atoms with Crippen molar-refractivity contribution in [3.05, 3.63) is 34.4 Å². The van der Waals surface area contributed by atoms with Crippen LogP contribution in [-0.4, -0.2) is 30.6 Å². The summed E-state index contributed by atoms with van der Waals surface area (Å²) >= 11 is 0. The molecule has 0 aliphatic carbocycles. The molecule has 1 aromatic carbocycles. The molecule has 0 saturated carbocycles. The summed E-state index contributed by atoms with van der Waals surface area (Å²) in [6.45, 7) is 14.9. The molecule has 1 heterocycles. The molecular weight excluding hydrogens is 244 g/mol. The van der Waals surface area contributed by atoms with E-state index in [2.05, 4.69) is 57.0 Å². The predicted octanol–water partition coefficient (Wildman–Crippen LogP) is 3.75. The summed E-state index contributed by atoms with van der Waals surface area (Å²) in [6, 6.07) is 5.81. The molecule has 1 aliphatic rings. The molecule has 0 spiro atoms. The zero-order valence-corrected chi connectivity index (χ0v) is 13.8. The molecule has 2 rings (SSSR count). The molecule has 0 aromatic heterocycles. The molecule has 0 bridgehead atoms. The fourth-order valence-corrected chi connectivity index (χ4v) is 3.31. The minimum atomic E-state index is 0.451. The third-order valence-corrected chi connectivity index (χ3v) is 4.87. The Morgan fingerprint density at radius 3 is 2.30 bits per heavy atom. The first-order valence-corrected chi connectivity index (χ1v) is 8.07. The van der Waals surface area contributed by atoms with Gasteiger partial charge in [0.1, 0.15) is 0 Å². The molecule has 20 heavy (non-hydrogen) atoms. The summed E-state index contributed by atoms with van der Waals surface area (Å²) in [6.07, 6.45) is 2.56. The van der Waals surface area contributed by atoms with E-state index in [4.69, 9.17) is 0 Å². The second-order valence-corrected chi connectivity index (χ2v) is 6.39. The summed E-state index contributed by atoms with van der Waals surface area (Å²) in [4.78, 5) is 2.55. The van der Waals surface area contributed by atoms with Crippen LogP contribution >= 0.6 is 0 Å². The van der Waals surface area contributed by atoms with Crippen molar-refractivity contribution in [1.82, 2.24) is 10.2 Å². The number of rotatable bonds is 4. The van der Waals surface area contributed by atoms with Gasteiger partial charge in [0.15, 0.2) is 0 Å². The first-order chi connectivity index (χ1) is 9.51. The van der Waals surface area contributed by atoms with Crippen LogP contribution in [0.3, 0.4) is 0 Å². The molecular formula is C18H30N2. The lowest BCUT2D eigenvalue weighted by atomic mass is 9.95. The number of nitrogens with zero attached hydrogens (tertiary/aromatic N) is 1. The van der Waals surface area contributed by atoms with E-state index in [-0.39, 0.29) is 0 Å². The van der Waals surface area contributed by atoms with Gasteiger partial charge in [-0.25, -0.2) is 0 Å². The van der Waals surface area contributed by atoms with Crippen molar-refractivity contribution in [2.24, 2.45) is 0 Å². The van der Waals surface area contributed by atoms with Crippen LogP contribution in [0.25, 0.3) is 0 Å². The maximum Gasteiger partial charge on any atom is 0.0297 e. The molecule has 1 saturated heterocycles. The van der Waals surface area contributed by atoms with Gasteiger partial charge in [-0.05, 0) is 82.4 Å². The minimum absolute atomic E-state index is 0.451. The lowest BCUT2D eigenvalue weighted by Crippen LogP contribution is -2.43. The highest BCUT2D eigenvalue weighted by Crippen LogP contribution is 2.23. The Labute approximate surface area is 124 Å². The maximum absolute atomic E-state index is 3.84. The van der Waals surface area contributed by atoms with Crippen molar-refractivity contribution in [3.8, 4) is 0 Å². The number of benzene rings is 1. The van der Waals surface area contributed by atoms with E-state index in [0.717, 1.165) is 0 Å². The Morgan fingerprint density at radius 2 is 1.70 bits per heavy atom.